The molecule has 1 atom stereocenters. The molecular weight excluding hydrogens is 475 g/mol. The Labute approximate surface area is 192 Å². The molecule has 0 saturated heterocycles. The van der Waals surface area contributed by atoms with E-state index >= 15 is 0 Å². The minimum absolute atomic E-state index is 0.0153. The van der Waals surface area contributed by atoms with Crippen molar-refractivity contribution in [1.29, 1.82) is 0 Å². The van der Waals surface area contributed by atoms with Gasteiger partial charge in [-0.15, -0.1) is 0 Å². The third-order valence-corrected chi connectivity index (χ3v) is 6.90. The van der Waals surface area contributed by atoms with Crippen molar-refractivity contribution in [1.82, 2.24) is 14.1 Å². The predicted octanol–water partition coefficient (Wildman–Crippen LogP) is 4.78. The number of hydrogen-bond acceptors (Lipinski definition) is 6. The van der Waals surface area contributed by atoms with Crippen LogP contribution in [0.1, 0.15) is 28.9 Å². The van der Waals surface area contributed by atoms with E-state index in [1.165, 1.54) is 36.4 Å². The number of fused-ring (bicyclic) bond motifs is 1. The van der Waals surface area contributed by atoms with Crippen LogP contribution in [-0.2, 0) is 10.0 Å². The van der Waals surface area contributed by atoms with E-state index < -0.39 is 22.0 Å². The first-order chi connectivity index (χ1) is 15.2. The zero-order valence-electron chi connectivity index (χ0n) is 16.5. The number of sulfonamides is 1. The van der Waals surface area contributed by atoms with Crippen LogP contribution in [0.4, 0.5) is 10.1 Å². The van der Waals surface area contributed by atoms with Crippen LogP contribution in [0.2, 0.25) is 5.02 Å². The molecule has 2 N–H and O–H groups in total. The van der Waals surface area contributed by atoms with Gasteiger partial charge >= 0.3 is 0 Å². The summed E-state index contributed by atoms with van der Waals surface area (Å²) in [4.78, 5) is 12.9. The monoisotopic (exact) mass is 490 g/mol. The van der Waals surface area contributed by atoms with Gasteiger partial charge in [-0.2, -0.15) is 8.75 Å². The van der Waals surface area contributed by atoms with Crippen LogP contribution in [0.25, 0.3) is 11.0 Å². The van der Waals surface area contributed by atoms with Gasteiger partial charge in [-0.3, -0.25) is 9.52 Å². The summed E-state index contributed by atoms with van der Waals surface area (Å²) < 4.78 is 49.9. The Bertz CT molecular complexity index is 1410. The Morgan fingerprint density at radius 2 is 1.84 bits per heavy atom. The lowest BCUT2D eigenvalue weighted by Crippen LogP contribution is -2.28. The molecule has 0 fully saturated rings. The second kappa shape index (κ2) is 8.81. The van der Waals surface area contributed by atoms with E-state index in [0.717, 1.165) is 11.7 Å². The van der Waals surface area contributed by atoms with Crippen LogP contribution in [0, 0.1) is 5.82 Å². The average molecular weight is 491 g/mol. The molecule has 164 valence electrons. The van der Waals surface area contributed by atoms with E-state index in [9.17, 15) is 17.6 Å². The van der Waals surface area contributed by atoms with E-state index in [-0.39, 0.29) is 32.5 Å². The summed E-state index contributed by atoms with van der Waals surface area (Å²) in [6, 6.07) is 14.2. The summed E-state index contributed by atoms with van der Waals surface area (Å²) in [5, 5.41) is 3.03. The molecular formula is C21H16ClFN4O3S2. The molecule has 1 amide bonds. The third kappa shape index (κ3) is 4.57. The Morgan fingerprint density at radius 3 is 2.59 bits per heavy atom. The number of nitrogens with one attached hydrogen (secondary N) is 2. The zero-order chi connectivity index (χ0) is 22.9. The molecule has 11 heteroatoms. The second-order valence-electron chi connectivity index (χ2n) is 6.93. The Hall–Kier alpha value is -3.08. The average Bonchev–Trinajstić information content (AvgIpc) is 3.22. The third-order valence-electron chi connectivity index (χ3n) is 4.73. The summed E-state index contributed by atoms with van der Waals surface area (Å²) >= 11 is 6.97. The summed E-state index contributed by atoms with van der Waals surface area (Å²) in [6.45, 7) is 1.74. The van der Waals surface area contributed by atoms with Gasteiger partial charge in [0.25, 0.3) is 15.9 Å². The number of carbonyl (C=O) groups excluding carboxylic acids is 1. The maximum Gasteiger partial charge on any atom is 0.264 e. The summed E-state index contributed by atoms with van der Waals surface area (Å²) in [5.41, 5.74) is 1.48. The van der Waals surface area contributed by atoms with Crippen molar-refractivity contribution in [2.45, 2.75) is 17.9 Å². The molecule has 0 saturated carbocycles. The van der Waals surface area contributed by atoms with Crippen molar-refractivity contribution < 1.29 is 17.6 Å². The molecule has 0 aliphatic heterocycles. The van der Waals surface area contributed by atoms with Gasteiger partial charge in [0.05, 0.1) is 29.0 Å². The van der Waals surface area contributed by atoms with Gasteiger partial charge in [0.15, 0.2) is 0 Å². The molecule has 0 bridgehead atoms. The highest BCUT2D eigenvalue weighted by molar-refractivity contribution is 7.93. The molecule has 0 aliphatic carbocycles. The largest absolute Gasteiger partial charge is 0.345 e. The maximum atomic E-state index is 13.2. The fraction of sp³-hybridized carbons (Fsp3) is 0.0952. The first kappa shape index (κ1) is 22.1. The SMILES string of the molecule is CC(NC(=O)c1ccc(Cl)cc1NS(=O)(=O)c1cccc2nsnc12)c1ccc(F)cc1. The van der Waals surface area contributed by atoms with Gasteiger partial charge in [-0.1, -0.05) is 29.8 Å². The normalized spacial score (nSPS) is 12.5. The second-order valence-corrected chi connectivity index (χ2v) is 9.55. The van der Waals surface area contributed by atoms with Gasteiger partial charge in [-0.25, -0.2) is 12.8 Å². The first-order valence-corrected chi connectivity index (χ1v) is 11.9. The number of halogens is 2. The fourth-order valence-electron chi connectivity index (χ4n) is 3.11. The molecule has 0 aliphatic rings. The van der Waals surface area contributed by atoms with Crippen molar-refractivity contribution in [3.05, 3.63) is 82.6 Å². The van der Waals surface area contributed by atoms with Crippen LogP contribution in [0.3, 0.4) is 0 Å². The van der Waals surface area contributed by atoms with Crippen molar-refractivity contribution >= 4 is 56.0 Å². The topological polar surface area (TPSA) is 101 Å². The fourth-order valence-corrected chi connectivity index (χ4v) is 5.12. The number of amides is 1. The molecule has 1 heterocycles. The summed E-state index contributed by atoms with van der Waals surface area (Å²) in [7, 11) is -4.09. The van der Waals surface area contributed by atoms with E-state index in [0.29, 0.717) is 11.1 Å². The highest BCUT2D eigenvalue weighted by atomic mass is 35.5. The van der Waals surface area contributed by atoms with E-state index in [1.54, 1.807) is 31.2 Å². The molecule has 7 nitrogen and oxygen atoms in total. The van der Waals surface area contributed by atoms with Crippen LogP contribution in [0.15, 0.2) is 65.6 Å². The van der Waals surface area contributed by atoms with Crippen LogP contribution in [-0.4, -0.2) is 23.1 Å². The molecule has 0 radical (unpaired) electrons. The first-order valence-electron chi connectivity index (χ1n) is 9.34. The van der Waals surface area contributed by atoms with E-state index in [4.69, 9.17) is 11.6 Å². The van der Waals surface area contributed by atoms with E-state index in [2.05, 4.69) is 18.8 Å². The number of anilines is 1. The highest BCUT2D eigenvalue weighted by Crippen LogP contribution is 2.28. The number of rotatable bonds is 6. The Kier molecular flexibility index (Phi) is 6.09. The lowest BCUT2D eigenvalue weighted by Gasteiger charge is -2.17. The van der Waals surface area contributed by atoms with Gasteiger partial charge in [0.1, 0.15) is 21.7 Å². The molecule has 1 aromatic heterocycles. The van der Waals surface area contributed by atoms with Gasteiger partial charge in [-0.05, 0) is 55.0 Å². The van der Waals surface area contributed by atoms with E-state index in [1.807, 2.05) is 0 Å². The molecule has 0 spiro atoms. The molecule has 32 heavy (non-hydrogen) atoms. The Balaban J connectivity index is 1.64. The highest BCUT2D eigenvalue weighted by Gasteiger charge is 2.23. The van der Waals surface area contributed by atoms with Crippen LogP contribution in [0.5, 0.6) is 0 Å². The molecule has 4 aromatic rings. The maximum absolute atomic E-state index is 13.2. The number of nitrogens with zero attached hydrogens (tertiary/aromatic N) is 2. The van der Waals surface area contributed by atoms with Crippen molar-refractivity contribution in [2.24, 2.45) is 0 Å². The minimum atomic E-state index is -4.09. The number of carbonyl (C=O) groups is 1. The molecule has 4 rings (SSSR count). The van der Waals surface area contributed by atoms with Crippen molar-refractivity contribution in [2.75, 3.05) is 4.72 Å². The zero-order valence-corrected chi connectivity index (χ0v) is 18.9. The van der Waals surface area contributed by atoms with Gasteiger partial charge < -0.3 is 5.32 Å². The number of aromatic nitrogens is 2. The Morgan fingerprint density at radius 1 is 1.09 bits per heavy atom. The standard InChI is InChI=1S/C21H16ClFN4O3S2/c1-12(13-5-8-15(23)9-6-13)24-21(28)16-10-7-14(22)11-18(16)27-32(29,30)19-4-2-3-17-20(19)26-31-25-17/h2-12,27H,1H3,(H,24,28). The van der Waals surface area contributed by atoms with Crippen LogP contribution < -0.4 is 10.0 Å². The summed E-state index contributed by atoms with van der Waals surface area (Å²) in [5.74, 6) is -0.906. The van der Waals surface area contributed by atoms with Gasteiger partial charge in [0, 0.05) is 5.02 Å². The molecule has 1 unspecified atom stereocenters. The lowest BCUT2D eigenvalue weighted by atomic mass is 10.1. The summed E-state index contributed by atoms with van der Waals surface area (Å²) in [6.07, 6.45) is 0. The number of benzene rings is 3. The smallest absolute Gasteiger partial charge is 0.264 e. The van der Waals surface area contributed by atoms with Gasteiger partial charge in [0.2, 0.25) is 0 Å². The quantitative estimate of drug-likeness (QED) is 0.405. The number of hydrogen-bond donors (Lipinski definition) is 2. The lowest BCUT2D eigenvalue weighted by molar-refractivity contribution is 0.0941. The van der Waals surface area contributed by atoms with Crippen molar-refractivity contribution in [3.63, 3.8) is 0 Å². The minimum Gasteiger partial charge on any atom is -0.345 e. The molecule has 3 aromatic carbocycles. The predicted molar refractivity (Wildman–Crippen MR) is 122 cm³/mol. The van der Waals surface area contributed by atoms with Crippen LogP contribution >= 0.6 is 23.3 Å². The van der Waals surface area contributed by atoms with Crippen molar-refractivity contribution in [3.8, 4) is 0 Å².